The van der Waals surface area contributed by atoms with E-state index >= 15 is 0 Å². The summed E-state index contributed by atoms with van der Waals surface area (Å²) in [5.74, 6) is -4.68. The predicted molar refractivity (Wildman–Crippen MR) is 160 cm³/mol. The van der Waals surface area contributed by atoms with Crippen molar-refractivity contribution in [1.82, 2.24) is 20.9 Å². The topological polar surface area (TPSA) is 268 Å². The second kappa shape index (κ2) is 16.7. The van der Waals surface area contributed by atoms with E-state index in [0.29, 0.717) is 5.56 Å². The van der Waals surface area contributed by atoms with E-state index in [2.05, 4.69) is 25.9 Å². The molecule has 0 spiro atoms. The number of aromatic nitrogens is 1. The number of nitrogens with zero attached hydrogens (tertiary/aromatic N) is 1. The zero-order valence-electron chi connectivity index (χ0n) is 24.3. The number of carbonyl (C=O) groups excluding carboxylic acids is 3. The van der Waals surface area contributed by atoms with Gasteiger partial charge < -0.3 is 48.3 Å². The molecule has 236 valence electrons. The highest BCUT2D eigenvalue weighted by Crippen LogP contribution is 2.19. The summed E-state index contributed by atoms with van der Waals surface area (Å²) in [6.45, 7) is 3.85. The van der Waals surface area contributed by atoms with Crippen LogP contribution >= 0.6 is 0 Å². The number of hydrogen-bond acceptors (Lipinski definition) is 7. The van der Waals surface area contributed by atoms with Crippen LogP contribution in [0, 0.1) is 5.92 Å². The Morgan fingerprint density at radius 3 is 2.16 bits per heavy atom. The minimum Gasteiger partial charge on any atom is -0.481 e. The van der Waals surface area contributed by atoms with Crippen LogP contribution in [0.5, 0.6) is 0 Å². The fourth-order valence-corrected chi connectivity index (χ4v) is 4.43. The van der Waals surface area contributed by atoms with Crippen molar-refractivity contribution in [3.8, 4) is 0 Å². The van der Waals surface area contributed by atoms with Crippen LogP contribution in [-0.4, -0.2) is 81.5 Å². The lowest BCUT2D eigenvalue weighted by Crippen LogP contribution is -2.57. The third-order valence-corrected chi connectivity index (χ3v) is 6.64. The van der Waals surface area contributed by atoms with Gasteiger partial charge in [0.25, 0.3) is 0 Å². The van der Waals surface area contributed by atoms with Gasteiger partial charge in [0.05, 0.1) is 6.04 Å². The molecule has 15 nitrogen and oxygen atoms in total. The molecule has 0 aliphatic heterocycles. The molecule has 43 heavy (non-hydrogen) atoms. The van der Waals surface area contributed by atoms with Gasteiger partial charge in [-0.15, -0.1) is 0 Å². The number of rotatable bonds is 18. The van der Waals surface area contributed by atoms with E-state index in [4.69, 9.17) is 22.3 Å². The maximum absolute atomic E-state index is 13.6. The normalized spacial score (nSPS) is 13.9. The molecule has 15 heteroatoms. The number of nitrogens with one attached hydrogen (secondary N) is 4. The summed E-state index contributed by atoms with van der Waals surface area (Å²) in [5, 5.41) is 27.2. The number of para-hydroxylation sites is 1. The molecule has 4 atom stereocenters. The number of aliphatic imine (C=N–C) groups is 1. The number of aromatic amines is 1. The number of aliphatic carboxylic acids is 2. The molecule has 2 aromatic rings. The molecule has 3 amide bonds. The molecule has 1 aromatic carbocycles. The molecular weight excluding hydrogens is 560 g/mol. The first-order valence-corrected chi connectivity index (χ1v) is 14.0. The van der Waals surface area contributed by atoms with E-state index in [-0.39, 0.29) is 56.9 Å². The van der Waals surface area contributed by atoms with Crippen LogP contribution in [0.25, 0.3) is 10.9 Å². The number of fused-ring (bicyclic) bond motifs is 1. The third kappa shape index (κ3) is 11.6. The molecule has 0 fully saturated rings. The lowest BCUT2D eigenvalue weighted by atomic mass is 10.00. The fraction of sp³-hybridized carbons (Fsp3) is 0.500. The van der Waals surface area contributed by atoms with Crippen LogP contribution in [0.4, 0.5) is 0 Å². The van der Waals surface area contributed by atoms with Gasteiger partial charge in [-0.1, -0.05) is 32.0 Å². The van der Waals surface area contributed by atoms with Gasteiger partial charge in [-0.2, -0.15) is 0 Å². The van der Waals surface area contributed by atoms with Gasteiger partial charge >= 0.3 is 11.9 Å². The summed E-state index contributed by atoms with van der Waals surface area (Å²) < 4.78 is 0. The van der Waals surface area contributed by atoms with E-state index in [1.807, 2.05) is 38.1 Å². The van der Waals surface area contributed by atoms with E-state index in [9.17, 15) is 29.1 Å². The molecule has 1 heterocycles. The quantitative estimate of drug-likeness (QED) is 0.0602. The van der Waals surface area contributed by atoms with Crippen LogP contribution < -0.4 is 33.2 Å². The van der Waals surface area contributed by atoms with Crippen molar-refractivity contribution in [2.45, 2.75) is 76.5 Å². The largest absolute Gasteiger partial charge is 0.481 e. The number of amides is 3. The zero-order chi connectivity index (χ0) is 32.1. The number of carboxylic acids is 2. The number of carboxylic acid groups (broad SMARTS) is 2. The predicted octanol–water partition coefficient (Wildman–Crippen LogP) is -0.459. The number of benzene rings is 1. The van der Waals surface area contributed by atoms with Crippen molar-refractivity contribution in [2.24, 2.45) is 28.1 Å². The molecule has 12 N–H and O–H groups in total. The first-order chi connectivity index (χ1) is 20.3. The van der Waals surface area contributed by atoms with Gasteiger partial charge in [0, 0.05) is 36.5 Å². The van der Waals surface area contributed by atoms with Crippen LogP contribution in [-0.2, 0) is 30.4 Å². The maximum atomic E-state index is 13.6. The van der Waals surface area contributed by atoms with Gasteiger partial charge in [0.1, 0.15) is 18.1 Å². The lowest BCUT2D eigenvalue weighted by molar-refractivity contribution is -0.142. The summed E-state index contributed by atoms with van der Waals surface area (Å²) in [7, 11) is 0. The van der Waals surface area contributed by atoms with Gasteiger partial charge in [0.2, 0.25) is 17.7 Å². The molecular formula is C28H42N8O7. The second-order valence-electron chi connectivity index (χ2n) is 10.7. The summed E-state index contributed by atoms with van der Waals surface area (Å²) in [6, 6.07) is 2.65. The van der Waals surface area contributed by atoms with Crippen molar-refractivity contribution in [1.29, 1.82) is 0 Å². The Morgan fingerprint density at radius 2 is 1.53 bits per heavy atom. The van der Waals surface area contributed by atoms with E-state index in [1.54, 1.807) is 6.20 Å². The minimum atomic E-state index is -1.26. The molecule has 4 unspecified atom stereocenters. The molecule has 0 aliphatic carbocycles. The number of H-pyrrole nitrogens is 1. The SMILES string of the molecule is CC(C)CC(NC(=O)C(Cc1c[nH]c2ccccc12)NC(=O)C(N)CCC(=O)O)C(=O)NC(CCCN=C(N)N)C(=O)O. The Bertz CT molecular complexity index is 1310. The summed E-state index contributed by atoms with van der Waals surface area (Å²) in [4.78, 5) is 69.4. The average molecular weight is 603 g/mol. The van der Waals surface area contributed by atoms with Gasteiger partial charge in [-0.25, -0.2) is 4.79 Å². The van der Waals surface area contributed by atoms with Crippen molar-refractivity contribution in [3.63, 3.8) is 0 Å². The zero-order valence-corrected chi connectivity index (χ0v) is 24.3. The minimum absolute atomic E-state index is 0.0335. The third-order valence-electron chi connectivity index (χ3n) is 6.64. The fourth-order valence-electron chi connectivity index (χ4n) is 4.43. The number of carbonyl (C=O) groups is 5. The first-order valence-electron chi connectivity index (χ1n) is 14.0. The Kier molecular flexibility index (Phi) is 13.4. The molecule has 1 aromatic heterocycles. The monoisotopic (exact) mass is 602 g/mol. The Labute approximate surface area is 249 Å². The number of nitrogens with two attached hydrogens (primary N) is 3. The van der Waals surface area contributed by atoms with Crippen LogP contribution in [0.15, 0.2) is 35.5 Å². The highest BCUT2D eigenvalue weighted by molar-refractivity contribution is 5.95. The molecule has 0 bridgehead atoms. The first kappa shape index (κ1) is 34.5. The standard InChI is InChI=1S/C28H42N8O7/c1-15(2)12-21(25(40)34-20(27(42)43)8-5-11-32-28(30)31)36-26(41)22(35-24(39)18(29)9-10-23(37)38)13-16-14-33-19-7-4-3-6-17(16)19/h3-4,6-7,14-15,18,20-22,33H,5,8-13,29H2,1-2H3,(H,34,40)(H,35,39)(H,36,41)(H,37,38)(H,42,43)(H4,30,31,32). The second-order valence-corrected chi connectivity index (χ2v) is 10.7. The van der Waals surface area contributed by atoms with Crippen LogP contribution in [0.1, 0.15) is 51.5 Å². The highest BCUT2D eigenvalue weighted by atomic mass is 16.4. The summed E-state index contributed by atoms with van der Waals surface area (Å²) in [5.41, 5.74) is 18.0. The van der Waals surface area contributed by atoms with E-state index in [1.165, 1.54) is 0 Å². The average Bonchev–Trinajstić information content (AvgIpc) is 3.34. The molecule has 0 saturated heterocycles. The molecule has 0 aliphatic rings. The van der Waals surface area contributed by atoms with E-state index < -0.39 is 53.8 Å². The van der Waals surface area contributed by atoms with Crippen molar-refractivity contribution in [2.75, 3.05) is 6.54 Å². The maximum Gasteiger partial charge on any atom is 0.326 e. The summed E-state index contributed by atoms with van der Waals surface area (Å²) in [6.07, 6.45) is 1.79. The van der Waals surface area contributed by atoms with Gasteiger partial charge in [0.15, 0.2) is 5.96 Å². The molecule has 0 saturated carbocycles. The molecule has 0 radical (unpaired) electrons. The van der Waals surface area contributed by atoms with Crippen molar-refractivity contribution < 1.29 is 34.2 Å². The number of guanidine groups is 1. The van der Waals surface area contributed by atoms with E-state index in [0.717, 1.165) is 10.9 Å². The Hall–Kier alpha value is -4.66. The summed E-state index contributed by atoms with van der Waals surface area (Å²) >= 11 is 0. The van der Waals surface area contributed by atoms with Crippen molar-refractivity contribution >= 4 is 46.5 Å². The Morgan fingerprint density at radius 1 is 0.907 bits per heavy atom. The lowest BCUT2D eigenvalue weighted by Gasteiger charge is -2.26. The van der Waals surface area contributed by atoms with Crippen LogP contribution in [0.3, 0.4) is 0 Å². The van der Waals surface area contributed by atoms with Gasteiger partial charge in [-0.3, -0.25) is 24.2 Å². The van der Waals surface area contributed by atoms with Crippen LogP contribution in [0.2, 0.25) is 0 Å². The van der Waals surface area contributed by atoms with Crippen molar-refractivity contribution in [3.05, 3.63) is 36.0 Å². The molecule has 2 rings (SSSR count). The number of hydrogen-bond donors (Lipinski definition) is 9. The van der Waals surface area contributed by atoms with Gasteiger partial charge in [-0.05, 0) is 43.2 Å². The highest BCUT2D eigenvalue weighted by Gasteiger charge is 2.31. The Balaban J connectivity index is 2.25. The smallest absolute Gasteiger partial charge is 0.326 e.